The van der Waals surface area contributed by atoms with E-state index in [1.165, 1.54) is 64.2 Å². The molecule has 0 aromatic heterocycles. The molecule has 1 atom stereocenters. The van der Waals surface area contributed by atoms with Crippen LogP contribution in [0.4, 0.5) is 0 Å². The van der Waals surface area contributed by atoms with Crippen molar-refractivity contribution in [3.05, 3.63) is 24.3 Å². The van der Waals surface area contributed by atoms with E-state index in [1.807, 2.05) is 0 Å². The van der Waals surface area contributed by atoms with E-state index < -0.39 is 0 Å². The zero-order valence-electron chi connectivity index (χ0n) is 16.2. The van der Waals surface area contributed by atoms with Crippen molar-refractivity contribution in [2.45, 2.75) is 96.5 Å². The molecule has 0 aromatic rings. The van der Waals surface area contributed by atoms with Crippen molar-refractivity contribution >= 4 is 5.97 Å². The highest BCUT2D eigenvalue weighted by atomic mass is 16.6. The van der Waals surface area contributed by atoms with Crippen LogP contribution in [-0.2, 0) is 14.3 Å². The van der Waals surface area contributed by atoms with Gasteiger partial charge in [0.1, 0.15) is 0 Å². The molecule has 3 heteroatoms. The average molecular weight is 351 g/mol. The summed E-state index contributed by atoms with van der Waals surface area (Å²) >= 11 is 0. The highest BCUT2D eigenvalue weighted by Crippen LogP contribution is 2.12. The summed E-state index contributed by atoms with van der Waals surface area (Å²) in [4.78, 5) is 11.2. The van der Waals surface area contributed by atoms with Crippen LogP contribution < -0.4 is 0 Å². The van der Waals surface area contributed by atoms with E-state index in [-0.39, 0.29) is 12.1 Å². The predicted octanol–water partition coefficient (Wildman–Crippen LogP) is 6.13. The highest BCUT2D eigenvalue weighted by molar-refractivity contribution is 5.76. The summed E-state index contributed by atoms with van der Waals surface area (Å²) in [6.07, 6.45) is 24.6. The summed E-state index contributed by atoms with van der Waals surface area (Å²) in [5.74, 6) is -0.181. The Bertz CT molecular complexity index is 373. The highest BCUT2D eigenvalue weighted by Gasteiger charge is 2.26. The van der Waals surface area contributed by atoms with Crippen molar-refractivity contribution in [3.63, 3.8) is 0 Å². The fourth-order valence-corrected chi connectivity index (χ4v) is 2.94. The minimum atomic E-state index is -0.294. The van der Waals surface area contributed by atoms with E-state index in [1.54, 1.807) is 0 Å². The molecule has 1 aliphatic heterocycles. The Labute approximate surface area is 154 Å². The standard InChI is InChI=1S/C22H38O3/c1-2-3-4-5-6-7-8-9-10-11-12-13-14-15-16-17-19-24-21-18-20-25-22(21)23/h6-7,9-10,21H,2-5,8,11-20H2,1H3/b7-6-,10-9-. The quantitative estimate of drug-likeness (QED) is 0.191. The van der Waals surface area contributed by atoms with Gasteiger partial charge in [0.05, 0.1) is 6.61 Å². The van der Waals surface area contributed by atoms with Crippen LogP contribution in [-0.4, -0.2) is 25.3 Å². The molecule has 0 bridgehead atoms. The van der Waals surface area contributed by atoms with Gasteiger partial charge in [-0.1, -0.05) is 69.8 Å². The largest absolute Gasteiger partial charge is 0.464 e. The van der Waals surface area contributed by atoms with Crippen LogP contribution in [0.2, 0.25) is 0 Å². The van der Waals surface area contributed by atoms with Crippen LogP contribution in [0.5, 0.6) is 0 Å². The number of rotatable bonds is 16. The Balaban J connectivity index is 1.76. The van der Waals surface area contributed by atoms with Crippen LogP contribution >= 0.6 is 0 Å². The van der Waals surface area contributed by atoms with Crippen LogP contribution in [0.3, 0.4) is 0 Å². The molecule has 0 N–H and O–H groups in total. The number of carbonyl (C=O) groups is 1. The van der Waals surface area contributed by atoms with Gasteiger partial charge in [-0.3, -0.25) is 0 Å². The van der Waals surface area contributed by atoms with Gasteiger partial charge in [0, 0.05) is 13.0 Å². The second-order valence-electron chi connectivity index (χ2n) is 6.90. The Morgan fingerprint density at radius 2 is 1.56 bits per heavy atom. The van der Waals surface area contributed by atoms with Gasteiger partial charge < -0.3 is 9.47 Å². The number of allylic oxidation sites excluding steroid dienone is 4. The van der Waals surface area contributed by atoms with Crippen molar-refractivity contribution in [1.29, 1.82) is 0 Å². The molecule has 1 fully saturated rings. The van der Waals surface area contributed by atoms with Crippen LogP contribution in [0.15, 0.2) is 24.3 Å². The van der Waals surface area contributed by atoms with Crippen LogP contribution in [0.25, 0.3) is 0 Å². The summed E-state index contributed by atoms with van der Waals surface area (Å²) < 4.78 is 10.4. The second kappa shape index (κ2) is 16.4. The zero-order valence-corrected chi connectivity index (χ0v) is 16.2. The summed E-state index contributed by atoms with van der Waals surface area (Å²) in [5.41, 5.74) is 0. The molecule has 1 unspecified atom stereocenters. The van der Waals surface area contributed by atoms with Gasteiger partial charge in [0.15, 0.2) is 6.10 Å². The van der Waals surface area contributed by atoms with Crippen molar-refractivity contribution in [3.8, 4) is 0 Å². The van der Waals surface area contributed by atoms with E-state index in [2.05, 4.69) is 31.2 Å². The smallest absolute Gasteiger partial charge is 0.335 e. The van der Waals surface area contributed by atoms with Gasteiger partial charge >= 0.3 is 5.97 Å². The van der Waals surface area contributed by atoms with Gasteiger partial charge in [0.2, 0.25) is 0 Å². The third kappa shape index (κ3) is 12.9. The van der Waals surface area contributed by atoms with Crippen LogP contribution in [0.1, 0.15) is 90.4 Å². The first-order valence-corrected chi connectivity index (χ1v) is 10.4. The Kier molecular flexibility index (Phi) is 14.4. The maximum Gasteiger partial charge on any atom is 0.335 e. The van der Waals surface area contributed by atoms with Crippen molar-refractivity contribution in [2.24, 2.45) is 0 Å². The monoisotopic (exact) mass is 350 g/mol. The molecule has 0 radical (unpaired) electrons. The molecule has 144 valence electrons. The summed E-state index contributed by atoms with van der Waals surface area (Å²) in [7, 11) is 0. The van der Waals surface area contributed by atoms with Gasteiger partial charge in [0.25, 0.3) is 0 Å². The zero-order chi connectivity index (χ0) is 18.0. The Morgan fingerprint density at radius 1 is 0.920 bits per heavy atom. The molecule has 1 saturated heterocycles. The topological polar surface area (TPSA) is 35.5 Å². The number of unbranched alkanes of at least 4 members (excludes halogenated alkanes) is 9. The lowest BCUT2D eigenvalue weighted by Gasteiger charge is -2.07. The predicted molar refractivity (Wildman–Crippen MR) is 105 cm³/mol. The van der Waals surface area contributed by atoms with Gasteiger partial charge in [-0.25, -0.2) is 4.79 Å². The minimum absolute atomic E-state index is 0.181. The molecule has 1 aliphatic rings. The lowest BCUT2D eigenvalue weighted by atomic mass is 10.1. The fourth-order valence-electron chi connectivity index (χ4n) is 2.94. The lowest BCUT2D eigenvalue weighted by molar-refractivity contribution is -0.147. The minimum Gasteiger partial charge on any atom is -0.464 e. The average Bonchev–Trinajstić information content (AvgIpc) is 3.02. The number of hydrogen-bond donors (Lipinski definition) is 0. The normalized spacial score (nSPS) is 17.8. The molecular weight excluding hydrogens is 312 g/mol. The van der Waals surface area contributed by atoms with Crippen LogP contribution in [0, 0.1) is 0 Å². The molecule has 0 aliphatic carbocycles. The molecule has 25 heavy (non-hydrogen) atoms. The molecule has 1 rings (SSSR count). The maximum atomic E-state index is 11.2. The number of carbonyl (C=O) groups excluding carboxylic acids is 1. The lowest BCUT2D eigenvalue weighted by Crippen LogP contribution is -2.18. The van der Waals surface area contributed by atoms with E-state index in [9.17, 15) is 4.79 Å². The summed E-state index contributed by atoms with van der Waals surface area (Å²) in [6.45, 7) is 3.46. The third-order valence-corrected chi connectivity index (χ3v) is 4.55. The number of esters is 1. The first-order chi connectivity index (χ1) is 12.3. The Morgan fingerprint density at radius 3 is 2.20 bits per heavy atom. The summed E-state index contributed by atoms with van der Waals surface area (Å²) in [6, 6.07) is 0. The first-order valence-electron chi connectivity index (χ1n) is 10.4. The summed E-state index contributed by atoms with van der Waals surface area (Å²) in [5, 5.41) is 0. The van der Waals surface area contributed by atoms with E-state index in [0.29, 0.717) is 13.2 Å². The molecule has 0 aromatic carbocycles. The van der Waals surface area contributed by atoms with Crippen molar-refractivity contribution in [1.82, 2.24) is 0 Å². The second-order valence-corrected chi connectivity index (χ2v) is 6.90. The molecule has 0 saturated carbocycles. The van der Waals surface area contributed by atoms with E-state index in [4.69, 9.17) is 9.47 Å². The number of ether oxygens (including phenoxy) is 2. The van der Waals surface area contributed by atoms with E-state index >= 15 is 0 Å². The SMILES string of the molecule is CCCCC/C=C\C/C=C\CCCCCCCCOC1CCOC1=O. The van der Waals surface area contributed by atoms with Crippen molar-refractivity contribution < 1.29 is 14.3 Å². The number of hydrogen-bond acceptors (Lipinski definition) is 3. The number of cyclic esters (lactones) is 1. The molecule has 0 spiro atoms. The van der Waals surface area contributed by atoms with E-state index in [0.717, 1.165) is 19.3 Å². The van der Waals surface area contributed by atoms with Gasteiger partial charge in [-0.15, -0.1) is 0 Å². The molecule has 0 amide bonds. The fraction of sp³-hybridized carbons (Fsp3) is 0.773. The Hall–Kier alpha value is -1.09. The molecule has 1 heterocycles. The van der Waals surface area contributed by atoms with Gasteiger partial charge in [-0.05, 0) is 38.5 Å². The first kappa shape index (κ1) is 22.0. The molecular formula is C22H38O3. The maximum absolute atomic E-state index is 11.2. The third-order valence-electron chi connectivity index (χ3n) is 4.55. The molecule has 3 nitrogen and oxygen atoms in total. The van der Waals surface area contributed by atoms with Crippen molar-refractivity contribution in [2.75, 3.05) is 13.2 Å². The van der Waals surface area contributed by atoms with Gasteiger partial charge in [-0.2, -0.15) is 0 Å².